The summed E-state index contributed by atoms with van der Waals surface area (Å²) < 4.78 is 7.10. The van der Waals surface area contributed by atoms with E-state index in [1.54, 1.807) is 19.2 Å². The predicted octanol–water partition coefficient (Wildman–Crippen LogP) is 2.72. The molecule has 0 amide bonds. The average molecular weight is 240 g/mol. The number of rotatable bonds is 2. The highest BCUT2D eigenvalue weighted by Crippen LogP contribution is 2.23. The fraction of sp³-hybridized carbons (Fsp3) is 0.0714. The maximum absolute atomic E-state index is 9.27. The zero-order valence-corrected chi connectivity index (χ0v) is 9.87. The van der Waals surface area contributed by atoms with Gasteiger partial charge >= 0.3 is 0 Å². The molecular formula is C14H12N2O2. The zero-order chi connectivity index (χ0) is 12.5. The molecule has 18 heavy (non-hydrogen) atoms. The van der Waals surface area contributed by atoms with Crippen molar-refractivity contribution in [1.29, 1.82) is 0 Å². The van der Waals surface area contributed by atoms with Crippen molar-refractivity contribution in [3.63, 3.8) is 0 Å². The Hall–Kier alpha value is -2.49. The van der Waals surface area contributed by atoms with Gasteiger partial charge < -0.3 is 14.2 Å². The molecule has 2 aromatic heterocycles. The molecule has 0 saturated heterocycles. The van der Waals surface area contributed by atoms with Gasteiger partial charge in [0.15, 0.2) is 0 Å². The van der Waals surface area contributed by atoms with Crippen LogP contribution in [-0.2, 0) is 0 Å². The van der Waals surface area contributed by atoms with E-state index in [0.29, 0.717) is 0 Å². The lowest BCUT2D eigenvalue weighted by molar-refractivity contribution is 0.414. The Kier molecular flexibility index (Phi) is 2.41. The number of methoxy groups -OCH3 is 1. The van der Waals surface area contributed by atoms with Gasteiger partial charge in [0, 0.05) is 24.0 Å². The van der Waals surface area contributed by atoms with Crippen LogP contribution < -0.4 is 4.74 Å². The average Bonchev–Trinajstić information content (AvgIpc) is 2.82. The Morgan fingerprint density at radius 3 is 2.67 bits per heavy atom. The lowest BCUT2D eigenvalue weighted by Crippen LogP contribution is -1.86. The molecule has 0 saturated carbocycles. The standard InChI is InChI=1S/C14H12N2O2/c1-18-12-6-7-16-9-13(15-14(16)8-12)10-2-4-11(17)5-3-10/h2-9,17H,1H3. The Morgan fingerprint density at radius 1 is 1.17 bits per heavy atom. The van der Waals surface area contributed by atoms with Gasteiger partial charge in [-0.15, -0.1) is 0 Å². The second kappa shape index (κ2) is 4.07. The maximum Gasteiger partial charge on any atom is 0.141 e. The summed E-state index contributed by atoms with van der Waals surface area (Å²) in [4.78, 5) is 4.52. The summed E-state index contributed by atoms with van der Waals surface area (Å²) in [7, 11) is 1.63. The topological polar surface area (TPSA) is 46.8 Å². The molecule has 1 N–H and O–H groups in total. The number of hydrogen-bond donors (Lipinski definition) is 1. The molecule has 3 rings (SSSR count). The zero-order valence-electron chi connectivity index (χ0n) is 9.87. The molecule has 90 valence electrons. The number of phenolic OH excluding ortho intramolecular Hbond substituents is 1. The molecule has 1 aromatic carbocycles. The number of phenols is 1. The van der Waals surface area contributed by atoms with Crippen molar-refractivity contribution in [2.75, 3.05) is 7.11 Å². The third kappa shape index (κ3) is 1.78. The van der Waals surface area contributed by atoms with E-state index in [9.17, 15) is 5.11 Å². The van der Waals surface area contributed by atoms with E-state index in [-0.39, 0.29) is 5.75 Å². The van der Waals surface area contributed by atoms with Crippen LogP contribution in [0.2, 0.25) is 0 Å². The van der Waals surface area contributed by atoms with Crippen molar-refractivity contribution in [2.24, 2.45) is 0 Å². The number of fused-ring (bicyclic) bond motifs is 1. The molecule has 0 unspecified atom stereocenters. The predicted molar refractivity (Wildman–Crippen MR) is 68.8 cm³/mol. The van der Waals surface area contributed by atoms with Crippen LogP contribution in [0.3, 0.4) is 0 Å². The van der Waals surface area contributed by atoms with E-state index in [1.807, 2.05) is 41.1 Å². The largest absolute Gasteiger partial charge is 0.508 e. The lowest BCUT2D eigenvalue weighted by atomic mass is 10.2. The summed E-state index contributed by atoms with van der Waals surface area (Å²) in [6.07, 6.45) is 3.85. The number of hydrogen-bond acceptors (Lipinski definition) is 3. The van der Waals surface area contributed by atoms with Gasteiger partial charge in [0.1, 0.15) is 17.1 Å². The van der Waals surface area contributed by atoms with E-state index in [4.69, 9.17) is 4.74 Å². The minimum absolute atomic E-state index is 0.254. The van der Waals surface area contributed by atoms with Gasteiger partial charge in [-0.2, -0.15) is 0 Å². The van der Waals surface area contributed by atoms with Gasteiger partial charge in [-0.05, 0) is 30.3 Å². The van der Waals surface area contributed by atoms with E-state index < -0.39 is 0 Å². The van der Waals surface area contributed by atoms with Crippen molar-refractivity contribution in [1.82, 2.24) is 9.38 Å². The molecule has 0 aliphatic heterocycles. The first-order valence-electron chi connectivity index (χ1n) is 5.58. The van der Waals surface area contributed by atoms with E-state index in [1.165, 1.54) is 0 Å². The van der Waals surface area contributed by atoms with Crippen molar-refractivity contribution >= 4 is 5.65 Å². The molecule has 0 aliphatic rings. The number of imidazole rings is 1. The van der Waals surface area contributed by atoms with Crippen LogP contribution in [0.4, 0.5) is 0 Å². The molecule has 0 aliphatic carbocycles. The van der Waals surface area contributed by atoms with Gasteiger partial charge in [-0.1, -0.05) is 0 Å². The smallest absolute Gasteiger partial charge is 0.141 e. The molecule has 0 fully saturated rings. The number of aromatic hydroxyl groups is 1. The van der Waals surface area contributed by atoms with Crippen LogP contribution in [0.15, 0.2) is 48.8 Å². The van der Waals surface area contributed by atoms with Gasteiger partial charge in [0.05, 0.1) is 12.8 Å². The van der Waals surface area contributed by atoms with Crippen LogP contribution >= 0.6 is 0 Å². The summed E-state index contributed by atoms with van der Waals surface area (Å²) in [6.45, 7) is 0. The highest BCUT2D eigenvalue weighted by Gasteiger charge is 2.05. The molecule has 4 nitrogen and oxygen atoms in total. The van der Waals surface area contributed by atoms with Gasteiger partial charge in [0.25, 0.3) is 0 Å². The van der Waals surface area contributed by atoms with Crippen molar-refractivity contribution in [2.45, 2.75) is 0 Å². The lowest BCUT2D eigenvalue weighted by Gasteiger charge is -1.98. The van der Waals surface area contributed by atoms with Gasteiger partial charge in [0.2, 0.25) is 0 Å². The van der Waals surface area contributed by atoms with Crippen molar-refractivity contribution in [3.05, 3.63) is 48.8 Å². The number of nitrogens with zero attached hydrogens (tertiary/aromatic N) is 2. The Labute approximate surface area is 104 Å². The fourth-order valence-electron chi connectivity index (χ4n) is 1.86. The summed E-state index contributed by atoms with van der Waals surface area (Å²) >= 11 is 0. The minimum Gasteiger partial charge on any atom is -0.508 e. The van der Waals surface area contributed by atoms with E-state index >= 15 is 0 Å². The molecule has 0 bridgehead atoms. The first-order valence-corrected chi connectivity index (χ1v) is 5.58. The summed E-state index contributed by atoms with van der Waals surface area (Å²) in [5.41, 5.74) is 2.66. The quantitative estimate of drug-likeness (QED) is 0.749. The number of aromatic nitrogens is 2. The first kappa shape index (κ1) is 10.7. The van der Waals surface area contributed by atoms with Gasteiger partial charge in [-0.3, -0.25) is 0 Å². The van der Waals surface area contributed by atoms with Crippen LogP contribution in [0.5, 0.6) is 11.5 Å². The summed E-state index contributed by atoms with van der Waals surface area (Å²) in [5.74, 6) is 1.04. The number of pyridine rings is 1. The fourth-order valence-corrected chi connectivity index (χ4v) is 1.86. The molecule has 4 heteroatoms. The third-order valence-corrected chi connectivity index (χ3v) is 2.83. The third-order valence-electron chi connectivity index (χ3n) is 2.83. The SMILES string of the molecule is COc1ccn2cc(-c3ccc(O)cc3)nc2c1. The molecule has 3 aromatic rings. The van der Waals surface area contributed by atoms with Crippen molar-refractivity contribution in [3.8, 4) is 22.8 Å². The maximum atomic E-state index is 9.27. The normalized spacial score (nSPS) is 10.7. The minimum atomic E-state index is 0.254. The molecule has 0 radical (unpaired) electrons. The first-order chi connectivity index (χ1) is 8.76. The van der Waals surface area contributed by atoms with Crippen molar-refractivity contribution < 1.29 is 9.84 Å². The summed E-state index contributed by atoms with van der Waals surface area (Å²) in [6, 6.07) is 10.8. The summed E-state index contributed by atoms with van der Waals surface area (Å²) in [5, 5.41) is 9.27. The van der Waals surface area contributed by atoms with Gasteiger partial charge in [-0.25, -0.2) is 4.98 Å². The van der Waals surface area contributed by atoms with Crippen LogP contribution in [0.1, 0.15) is 0 Å². The monoisotopic (exact) mass is 240 g/mol. The van der Waals surface area contributed by atoms with Crippen LogP contribution in [0, 0.1) is 0 Å². The number of ether oxygens (including phenoxy) is 1. The number of benzene rings is 1. The van der Waals surface area contributed by atoms with Crippen LogP contribution in [-0.4, -0.2) is 21.6 Å². The highest BCUT2D eigenvalue weighted by atomic mass is 16.5. The molecular weight excluding hydrogens is 228 g/mol. The van der Waals surface area contributed by atoms with E-state index in [2.05, 4.69) is 4.98 Å². The molecule has 2 heterocycles. The Bertz CT molecular complexity index is 687. The second-order valence-electron chi connectivity index (χ2n) is 4.01. The Balaban J connectivity index is 2.10. The second-order valence-corrected chi connectivity index (χ2v) is 4.01. The Morgan fingerprint density at radius 2 is 1.94 bits per heavy atom. The highest BCUT2D eigenvalue weighted by molar-refractivity contribution is 5.63. The molecule has 0 spiro atoms. The molecule has 0 atom stereocenters. The van der Waals surface area contributed by atoms with Crippen LogP contribution in [0.25, 0.3) is 16.9 Å². The van der Waals surface area contributed by atoms with E-state index in [0.717, 1.165) is 22.7 Å².